The molecular formula is C60H106N2O16. The second-order valence-electron chi connectivity index (χ2n) is 24.0. The maximum Gasteiger partial charge on any atom is 0.306 e. The van der Waals surface area contributed by atoms with Crippen molar-refractivity contribution in [3.63, 3.8) is 0 Å². The van der Waals surface area contributed by atoms with Crippen LogP contribution in [0.5, 0.6) is 0 Å². The van der Waals surface area contributed by atoms with Crippen molar-refractivity contribution in [2.24, 2.45) is 23.7 Å². The lowest BCUT2D eigenvalue weighted by Crippen LogP contribution is -2.55. The fraction of sp³-hybridized carbons (Fsp3) is 0.867. The van der Waals surface area contributed by atoms with Gasteiger partial charge in [0.25, 0.3) is 0 Å². The van der Waals surface area contributed by atoms with E-state index in [9.17, 15) is 19.2 Å². The van der Waals surface area contributed by atoms with E-state index in [1.54, 1.807) is 14.2 Å². The largest absolute Gasteiger partial charge is 0.460 e. The summed E-state index contributed by atoms with van der Waals surface area (Å²) in [6.45, 7) is 27.1. The molecule has 12 atom stereocenters. The molecule has 0 radical (unpaired) electrons. The Morgan fingerprint density at radius 2 is 0.923 bits per heavy atom. The number of rotatable bonds is 36. The molecule has 6 rings (SSSR count). The van der Waals surface area contributed by atoms with Crippen molar-refractivity contribution in [2.45, 2.75) is 218 Å². The number of carbonyl (C=O) groups excluding carboxylic acids is 4. The van der Waals surface area contributed by atoms with E-state index in [1.807, 2.05) is 0 Å². The topological polar surface area (TPSA) is 216 Å². The number of hydrogen-bond acceptors (Lipinski definition) is 16. The van der Waals surface area contributed by atoms with Gasteiger partial charge in [0.2, 0.25) is 11.8 Å². The minimum absolute atomic E-state index is 0. The van der Waals surface area contributed by atoms with Crippen molar-refractivity contribution in [3.8, 4) is 0 Å². The normalized spacial score (nSPS) is 31.3. The van der Waals surface area contributed by atoms with Crippen LogP contribution in [-0.4, -0.2) is 176 Å². The van der Waals surface area contributed by atoms with Crippen molar-refractivity contribution < 1.29 is 78.9 Å². The molecule has 0 aromatic heterocycles. The van der Waals surface area contributed by atoms with Gasteiger partial charge in [-0.2, -0.15) is 0 Å². The summed E-state index contributed by atoms with van der Waals surface area (Å²) < 4.78 is 70.3. The molecule has 4 saturated heterocycles. The van der Waals surface area contributed by atoms with Gasteiger partial charge in [0.15, 0.2) is 0 Å². The van der Waals surface area contributed by atoms with Crippen LogP contribution < -0.4 is 10.6 Å². The van der Waals surface area contributed by atoms with E-state index >= 15 is 0 Å². The maximum atomic E-state index is 12.6. The highest BCUT2D eigenvalue weighted by molar-refractivity contribution is 5.76. The third-order valence-electron chi connectivity index (χ3n) is 16.2. The van der Waals surface area contributed by atoms with Crippen LogP contribution in [-0.2, 0) is 76.0 Å². The van der Waals surface area contributed by atoms with E-state index < -0.39 is 0 Å². The number of allylic oxidation sites excluding steroid dienone is 2. The summed E-state index contributed by atoms with van der Waals surface area (Å²) in [5.74, 6) is 0.756. The number of epoxide rings is 4. The maximum absolute atomic E-state index is 12.6. The van der Waals surface area contributed by atoms with Gasteiger partial charge < -0.3 is 67.5 Å². The molecule has 18 heteroatoms. The van der Waals surface area contributed by atoms with Crippen molar-refractivity contribution in [1.82, 2.24) is 10.6 Å². The SMILES string of the molecule is COC1C(OC(=O)CCCOCCOCCNC(=O)CCC(C)C)CC[C@]2(CO2)C1[C@]1(C)O[C@@H]1CC=C(C)C.COC1C(OC(=O)CCCOCCOCCNC(=O)CCC(C)C)CC[C@]2(CO2)C1[C@]1(C)O[C@@H]1CC=C(C)C.[HH].[HH]. The van der Waals surface area contributed by atoms with Crippen molar-refractivity contribution >= 4 is 23.8 Å². The molecule has 2 saturated carbocycles. The smallest absolute Gasteiger partial charge is 0.306 e. The molecule has 2 spiro atoms. The lowest BCUT2D eigenvalue weighted by Gasteiger charge is -2.42. The summed E-state index contributed by atoms with van der Waals surface area (Å²) in [5.41, 5.74) is 1.41. The molecule has 452 valence electrons. The van der Waals surface area contributed by atoms with Crippen LogP contribution in [0.1, 0.15) is 162 Å². The molecule has 0 aromatic rings. The van der Waals surface area contributed by atoms with Gasteiger partial charge in [0.1, 0.15) is 46.8 Å². The van der Waals surface area contributed by atoms with Gasteiger partial charge in [-0.25, -0.2) is 0 Å². The summed E-state index contributed by atoms with van der Waals surface area (Å²) >= 11 is 0. The first-order chi connectivity index (χ1) is 37.2. The summed E-state index contributed by atoms with van der Waals surface area (Å²) in [5, 5.41) is 5.71. The first kappa shape index (κ1) is 65.8. The zero-order valence-electron chi connectivity index (χ0n) is 49.8. The van der Waals surface area contributed by atoms with Gasteiger partial charge in [-0.1, -0.05) is 51.0 Å². The second kappa shape index (κ2) is 32.0. The monoisotopic (exact) mass is 1110 g/mol. The zero-order valence-corrected chi connectivity index (χ0v) is 49.8. The highest BCUT2D eigenvalue weighted by atomic mass is 16.6. The number of ether oxygens (including phenoxy) is 12. The Hall–Kier alpha value is -3.04. The standard InChI is InChI=1S/2C30H51NO8.2H2/c2*1-21(2)9-11-24-29(5,39-24)28-27(34-6)23(13-14-30(28)20-37-30)38-26(33)8-7-16-35-18-19-36-17-15-31-25(32)12-10-22(3)4;;/h2*9,22-24,27-28H,7-8,10-20H2,1-6H3,(H,31,32);2*1H/t2*23?,24-,27?,28?,29-,30+;;/m11../s1. The molecule has 6 aliphatic rings. The van der Waals surface area contributed by atoms with Crippen LogP contribution in [0, 0.1) is 23.7 Å². The average molecular weight is 1110 g/mol. The van der Waals surface area contributed by atoms with Crippen molar-refractivity contribution in [3.05, 3.63) is 23.3 Å². The predicted molar refractivity (Wildman–Crippen MR) is 299 cm³/mol. The highest BCUT2D eigenvalue weighted by Crippen LogP contribution is 2.61. The Labute approximate surface area is 470 Å². The first-order valence-electron chi connectivity index (χ1n) is 29.4. The van der Waals surface area contributed by atoms with E-state index in [0.717, 1.165) is 51.4 Å². The van der Waals surface area contributed by atoms with Crippen LogP contribution in [0.25, 0.3) is 0 Å². The fourth-order valence-corrected chi connectivity index (χ4v) is 11.4. The Morgan fingerprint density at radius 3 is 1.24 bits per heavy atom. The molecule has 6 unspecified atom stereocenters. The van der Waals surface area contributed by atoms with Crippen molar-refractivity contribution in [2.75, 3.05) is 93.4 Å². The highest BCUT2D eigenvalue weighted by Gasteiger charge is 2.73. The van der Waals surface area contributed by atoms with Crippen LogP contribution in [0.4, 0.5) is 0 Å². The van der Waals surface area contributed by atoms with Crippen LogP contribution in [0.2, 0.25) is 0 Å². The van der Waals surface area contributed by atoms with E-state index in [4.69, 9.17) is 56.8 Å². The molecule has 18 nitrogen and oxygen atoms in total. The van der Waals surface area contributed by atoms with Crippen LogP contribution in [0.3, 0.4) is 0 Å². The Balaban J connectivity index is 0.000000410. The van der Waals surface area contributed by atoms with E-state index in [2.05, 4.69) is 92.0 Å². The van der Waals surface area contributed by atoms with Crippen molar-refractivity contribution in [1.29, 1.82) is 0 Å². The predicted octanol–water partition coefficient (Wildman–Crippen LogP) is 8.44. The quantitative estimate of drug-likeness (QED) is 0.0260. The van der Waals surface area contributed by atoms with Gasteiger partial charge in [-0.15, -0.1) is 0 Å². The molecule has 2 aliphatic carbocycles. The van der Waals surface area contributed by atoms with Gasteiger partial charge in [0.05, 0.1) is 76.9 Å². The van der Waals surface area contributed by atoms with E-state index in [0.29, 0.717) is 130 Å². The Morgan fingerprint density at radius 1 is 0.564 bits per heavy atom. The van der Waals surface area contributed by atoms with Crippen LogP contribution >= 0.6 is 0 Å². The molecule has 0 bridgehead atoms. The Kier molecular flexibility index (Phi) is 27.0. The number of methoxy groups -OCH3 is 2. The number of hydrogen-bond donors (Lipinski definition) is 2. The molecule has 2 amide bonds. The average Bonchev–Trinajstić information content (AvgIpc) is 4.29. The molecule has 0 aromatic carbocycles. The Bertz CT molecular complexity index is 1790. The minimum atomic E-state index is -0.344. The van der Waals surface area contributed by atoms with E-state index in [-0.39, 0.29) is 97.5 Å². The molecule has 6 fully saturated rings. The molecule has 78 heavy (non-hydrogen) atoms. The van der Waals surface area contributed by atoms with Gasteiger partial charge >= 0.3 is 11.9 Å². The van der Waals surface area contributed by atoms with Gasteiger partial charge in [-0.05, 0) is 118 Å². The third-order valence-corrected chi connectivity index (χ3v) is 16.2. The number of esters is 2. The minimum Gasteiger partial charge on any atom is -0.460 e. The summed E-state index contributed by atoms with van der Waals surface area (Å²) in [7, 11) is 3.38. The molecule has 2 N–H and O–H groups in total. The third kappa shape index (κ3) is 20.7. The van der Waals surface area contributed by atoms with Gasteiger partial charge in [0, 0.05) is 69.1 Å². The lowest BCUT2D eigenvalue weighted by molar-refractivity contribution is -0.172. The molecule has 4 aliphatic heterocycles. The summed E-state index contributed by atoms with van der Waals surface area (Å²) in [6.07, 6.45) is 13.0. The lowest BCUT2D eigenvalue weighted by atomic mass is 9.68. The second-order valence-corrected chi connectivity index (χ2v) is 24.0. The number of amides is 2. The first-order valence-corrected chi connectivity index (χ1v) is 29.4. The molecule has 4 heterocycles. The fourth-order valence-electron chi connectivity index (χ4n) is 11.4. The summed E-state index contributed by atoms with van der Waals surface area (Å²) in [6, 6.07) is 0. The molecular weight excluding hydrogens is 1000 g/mol. The summed E-state index contributed by atoms with van der Waals surface area (Å²) in [4.78, 5) is 48.6. The van der Waals surface area contributed by atoms with E-state index in [1.165, 1.54) is 11.1 Å². The van der Waals surface area contributed by atoms with Gasteiger partial charge in [-0.3, -0.25) is 19.2 Å². The number of nitrogens with one attached hydrogen (secondary N) is 2. The van der Waals surface area contributed by atoms with Crippen LogP contribution in [0.15, 0.2) is 23.3 Å². The number of carbonyl (C=O) groups is 4. The zero-order chi connectivity index (χ0) is 56.9.